The summed E-state index contributed by atoms with van der Waals surface area (Å²) in [4.78, 5) is 4.08. The smallest absolute Gasteiger partial charge is 0.213 e. The van der Waals surface area contributed by atoms with E-state index in [0.29, 0.717) is 29.1 Å². The van der Waals surface area contributed by atoms with Gasteiger partial charge in [-0.3, -0.25) is 0 Å². The molecule has 5 heteroatoms. The number of hydrogen-bond acceptors (Lipinski definition) is 3. The fourth-order valence-corrected chi connectivity index (χ4v) is 1.74. The third-order valence-corrected chi connectivity index (χ3v) is 3.02. The van der Waals surface area contributed by atoms with Crippen molar-refractivity contribution in [1.82, 2.24) is 4.98 Å². The van der Waals surface area contributed by atoms with Crippen LogP contribution < -0.4 is 10.5 Å². The molecule has 0 saturated carbocycles. The number of rotatable bonds is 4. The van der Waals surface area contributed by atoms with Gasteiger partial charge in [0.05, 0.1) is 5.02 Å². The molecular formula is C13H12Cl2N2O. The molecule has 94 valence electrons. The number of ether oxygens (including phenoxy) is 1. The molecule has 0 amide bonds. The Morgan fingerprint density at radius 1 is 1.17 bits per heavy atom. The predicted octanol–water partition coefficient (Wildman–Crippen LogP) is 3.43. The molecule has 0 bridgehead atoms. The minimum Gasteiger partial charge on any atom is -0.473 e. The molecule has 1 heterocycles. The van der Waals surface area contributed by atoms with Gasteiger partial charge in [0.25, 0.3) is 0 Å². The van der Waals surface area contributed by atoms with Crippen molar-refractivity contribution in [2.24, 2.45) is 5.73 Å². The largest absolute Gasteiger partial charge is 0.473 e. The summed E-state index contributed by atoms with van der Waals surface area (Å²) in [6, 6.07) is 9.20. The first-order valence-electron chi connectivity index (χ1n) is 5.41. The quantitative estimate of drug-likeness (QED) is 0.935. The molecule has 0 fully saturated rings. The zero-order valence-corrected chi connectivity index (χ0v) is 11.1. The van der Waals surface area contributed by atoms with E-state index in [0.717, 1.165) is 11.1 Å². The third-order valence-electron chi connectivity index (χ3n) is 2.43. The van der Waals surface area contributed by atoms with Gasteiger partial charge in [-0.05, 0) is 23.3 Å². The normalized spacial score (nSPS) is 10.4. The third kappa shape index (κ3) is 3.35. The summed E-state index contributed by atoms with van der Waals surface area (Å²) in [6.45, 7) is 0.786. The Balaban J connectivity index is 2.04. The van der Waals surface area contributed by atoms with Crippen LogP contribution in [-0.2, 0) is 13.2 Å². The first-order valence-corrected chi connectivity index (χ1v) is 6.16. The number of pyridine rings is 1. The van der Waals surface area contributed by atoms with Crippen molar-refractivity contribution < 1.29 is 4.74 Å². The Kier molecular flexibility index (Phi) is 4.42. The van der Waals surface area contributed by atoms with Crippen LogP contribution in [0.4, 0.5) is 0 Å². The molecule has 1 aromatic heterocycles. The molecule has 0 aliphatic heterocycles. The van der Waals surface area contributed by atoms with Gasteiger partial charge < -0.3 is 10.5 Å². The van der Waals surface area contributed by atoms with E-state index in [4.69, 9.17) is 33.7 Å². The molecule has 0 saturated heterocycles. The highest BCUT2D eigenvalue weighted by Crippen LogP contribution is 2.19. The van der Waals surface area contributed by atoms with E-state index in [9.17, 15) is 0 Å². The van der Waals surface area contributed by atoms with Crippen LogP contribution in [0.1, 0.15) is 11.1 Å². The van der Waals surface area contributed by atoms with Crippen LogP contribution in [0.2, 0.25) is 10.0 Å². The molecule has 3 nitrogen and oxygen atoms in total. The summed E-state index contributed by atoms with van der Waals surface area (Å²) in [5.74, 6) is 0.509. The number of halogens is 2. The van der Waals surface area contributed by atoms with Crippen LogP contribution in [-0.4, -0.2) is 4.98 Å². The van der Waals surface area contributed by atoms with Crippen LogP contribution in [0.5, 0.6) is 5.88 Å². The zero-order chi connectivity index (χ0) is 13.0. The second kappa shape index (κ2) is 6.05. The van der Waals surface area contributed by atoms with Gasteiger partial charge in [0.15, 0.2) is 0 Å². The molecule has 0 unspecified atom stereocenters. The lowest BCUT2D eigenvalue weighted by Gasteiger charge is -2.07. The first-order chi connectivity index (χ1) is 8.69. The van der Waals surface area contributed by atoms with Crippen LogP contribution in [0, 0.1) is 0 Å². The SMILES string of the molecule is NCc1cc(OCc2ccc(Cl)cc2)ncc1Cl. The van der Waals surface area contributed by atoms with Gasteiger partial charge >= 0.3 is 0 Å². The second-order valence-corrected chi connectivity index (χ2v) is 4.58. The summed E-state index contributed by atoms with van der Waals surface area (Å²) >= 11 is 11.7. The van der Waals surface area contributed by atoms with Gasteiger partial charge in [0, 0.05) is 23.8 Å². The van der Waals surface area contributed by atoms with E-state index in [1.165, 1.54) is 0 Å². The molecule has 2 aromatic rings. The number of nitrogens with two attached hydrogens (primary N) is 1. The van der Waals surface area contributed by atoms with E-state index >= 15 is 0 Å². The summed E-state index contributed by atoms with van der Waals surface area (Å²) in [5.41, 5.74) is 7.40. The summed E-state index contributed by atoms with van der Waals surface area (Å²) in [7, 11) is 0. The second-order valence-electron chi connectivity index (χ2n) is 3.73. The lowest BCUT2D eigenvalue weighted by molar-refractivity contribution is 0.293. The highest BCUT2D eigenvalue weighted by molar-refractivity contribution is 6.31. The number of aromatic nitrogens is 1. The Morgan fingerprint density at radius 3 is 2.56 bits per heavy atom. The lowest BCUT2D eigenvalue weighted by Crippen LogP contribution is -2.01. The van der Waals surface area contributed by atoms with E-state index in [1.54, 1.807) is 12.3 Å². The van der Waals surface area contributed by atoms with E-state index in [1.807, 2.05) is 24.3 Å². The summed E-state index contributed by atoms with van der Waals surface area (Å²) in [6.07, 6.45) is 1.54. The molecule has 0 radical (unpaired) electrons. The number of nitrogens with zero attached hydrogens (tertiary/aromatic N) is 1. The Hall–Kier alpha value is -1.29. The van der Waals surface area contributed by atoms with Gasteiger partial charge in [0.1, 0.15) is 6.61 Å². The Morgan fingerprint density at radius 2 is 1.89 bits per heavy atom. The highest BCUT2D eigenvalue weighted by Gasteiger charge is 2.03. The maximum absolute atomic E-state index is 5.92. The monoisotopic (exact) mass is 282 g/mol. The molecule has 1 aromatic carbocycles. The first kappa shape index (κ1) is 13.1. The van der Waals surface area contributed by atoms with E-state index in [2.05, 4.69) is 4.98 Å². The van der Waals surface area contributed by atoms with Crippen LogP contribution >= 0.6 is 23.2 Å². The van der Waals surface area contributed by atoms with Crippen molar-refractivity contribution in [2.45, 2.75) is 13.2 Å². The van der Waals surface area contributed by atoms with Crippen LogP contribution in [0.15, 0.2) is 36.5 Å². The Labute approximate surface area is 115 Å². The lowest BCUT2D eigenvalue weighted by atomic mass is 10.2. The molecule has 2 N–H and O–H groups in total. The zero-order valence-electron chi connectivity index (χ0n) is 9.57. The standard InChI is InChI=1S/C13H12Cl2N2O/c14-11-3-1-9(2-4-11)8-18-13-5-10(6-16)12(15)7-17-13/h1-5,7H,6,8,16H2. The average Bonchev–Trinajstić information content (AvgIpc) is 2.39. The minimum atomic E-state index is 0.360. The van der Waals surface area contributed by atoms with Crippen molar-refractivity contribution in [1.29, 1.82) is 0 Å². The minimum absolute atomic E-state index is 0.360. The van der Waals surface area contributed by atoms with Gasteiger partial charge in [-0.2, -0.15) is 0 Å². The van der Waals surface area contributed by atoms with Gasteiger partial charge in [-0.25, -0.2) is 4.98 Å². The summed E-state index contributed by atoms with van der Waals surface area (Å²) in [5, 5.41) is 1.25. The topological polar surface area (TPSA) is 48.1 Å². The maximum Gasteiger partial charge on any atom is 0.213 e. The van der Waals surface area contributed by atoms with Crippen molar-refractivity contribution >= 4 is 23.2 Å². The van der Waals surface area contributed by atoms with Gasteiger partial charge in [0.2, 0.25) is 5.88 Å². The molecule has 0 aliphatic rings. The fourth-order valence-electron chi connectivity index (χ4n) is 1.43. The Bertz CT molecular complexity index is 529. The van der Waals surface area contributed by atoms with Crippen molar-refractivity contribution in [3.8, 4) is 5.88 Å². The molecule has 18 heavy (non-hydrogen) atoms. The van der Waals surface area contributed by atoms with E-state index in [-0.39, 0.29) is 0 Å². The number of benzene rings is 1. The average molecular weight is 283 g/mol. The molecule has 0 atom stereocenters. The van der Waals surface area contributed by atoms with Crippen LogP contribution in [0.25, 0.3) is 0 Å². The van der Waals surface area contributed by atoms with Gasteiger partial charge in [-0.1, -0.05) is 35.3 Å². The molecule has 0 aliphatic carbocycles. The van der Waals surface area contributed by atoms with Crippen LogP contribution in [0.3, 0.4) is 0 Å². The molecular weight excluding hydrogens is 271 g/mol. The maximum atomic E-state index is 5.92. The molecule has 2 rings (SSSR count). The van der Waals surface area contributed by atoms with E-state index < -0.39 is 0 Å². The predicted molar refractivity (Wildman–Crippen MR) is 72.9 cm³/mol. The summed E-state index contributed by atoms with van der Waals surface area (Å²) < 4.78 is 5.56. The number of hydrogen-bond donors (Lipinski definition) is 1. The van der Waals surface area contributed by atoms with Crippen molar-refractivity contribution in [3.05, 3.63) is 57.7 Å². The van der Waals surface area contributed by atoms with Crippen molar-refractivity contribution in [3.63, 3.8) is 0 Å². The molecule has 0 spiro atoms. The highest BCUT2D eigenvalue weighted by atomic mass is 35.5. The van der Waals surface area contributed by atoms with Crippen molar-refractivity contribution in [2.75, 3.05) is 0 Å². The van der Waals surface area contributed by atoms with Gasteiger partial charge in [-0.15, -0.1) is 0 Å². The fraction of sp³-hybridized carbons (Fsp3) is 0.154.